The van der Waals surface area contributed by atoms with E-state index in [9.17, 15) is 0 Å². The molecule has 0 saturated heterocycles. The first-order chi connectivity index (χ1) is 16.9. The van der Waals surface area contributed by atoms with Crippen LogP contribution in [0.15, 0.2) is 88.5 Å². The number of anilines is 2. The van der Waals surface area contributed by atoms with Crippen molar-refractivity contribution in [3.63, 3.8) is 0 Å². The molecule has 2 atom stereocenters. The third-order valence-corrected chi connectivity index (χ3v) is 6.56. The summed E-state index contributed by atoms with van der Waals surface area (Å²) in [6, 6.07) is 25.4. The van der Waals surface area contributed by atoms with Crippen molar-refractivity contribution >= 4 is 46.3 Å². The van der Waals surface area contributed by atoms with Crippen molar-refractivity contribution in [1.82, 2.24) is 4.98 Å². The molecule has 0 saturated carbocycles. The van der Waals surface area contributed by atoms with E-state index in [0.717, 1.165) is 33.7 Å². The van der Waals surface area contributed by atoms with E-state index in [0.29, 0.717) is 6.42 Å². The normalized spacial score (nSPS) is 18.8. The molecule has 4 nitrogen and oxygen atoms in total. The van der Waals surface area contributed by atoms with Gasteiger partial charge in [-0.1, -0.05) is 60.4 Å². The highest BCUT2D eigenvalue weighted by atomic mass is 15.3. The molecular weight excluding hydrogens is 416 g/mol. The summed E-state index contributed by atoms with van der Waals surface area (Å²) in [4.78, 5) is 16.7. The molecule has 0 N–H and O–H groups in total. The van der Waals surface area contributed by atoms with Gasteiger partial charge >= 0.3 is 0 Å². The van der Waals surface area contributed by atoms with Crippen molar-refractivity contribution in [2.45, 2.75) is 18.5 Å². The predicted molar refractivity (Wildman–Crippen MR) is 138 cm³/mol. The molecule has 158 valence electrons. The molecule has 34 heavy (non-hydrogen) atoms. The number of fused-ring (bicyclic) bond motifs is 6. The topological polar surface area (TPSA) is 40.9 Å². The summed E-state index contributed by atoms with van der Waals surface area (Å²) in [6.07, 6.45) is 4.34. The summed E-state index contributed by atoms with van der Waals surface area (Å²) in [7, 11) is 0. The minimum atomic E-state index is -0.149. The fraction of sp³-hybridized carbons (Fsp3) is 0.100. The second-order valence-electron chi connectivity index (χ2n) is 8.51. The lowest BCUT2D eigenvalue weighted by atomic mass is 9.95. The fourth-order valence-electron chi connectivity index (χ4n) is 4.97. The summed E-state index contributed by atoms with van der Waals surface area (Å²) >= 11 is 0. The zero-order valence-electron chi connectivity index (χ0n) is 18.2. The van der Waals surface area contributed by atoms with E-state index in [1.807, 2.05) is 24.4 Å². The fourth-order valence-corrected chi connectivity index (χ4v) is 4.97. The zero-order valence-corrected chi connectivity index (χ0v) is 18.2. The van der Waals surface area contributed by atoms with Gasteiger partial charge in [0.25, 0.3) is 0 Å². The Hall–Kier alpha value is -4.67. The quantitative estimate of drug-likeness (QED) is 0.237. The lowest BCUT2D eigenvalue weighted by molar-refractivity contribution is 0.675. The monoisotopic (exact) mass is 434 g/mol. The molecule has 1 aromatic heterocycles. The molecule has 4 heterocycles. The Balaban J connectivity index is 1.42. The van der Waals surface area contributed by atoms with Gasteiger partial charge in [-0.3, -0.25) is 4.99 Å². The molecule has 4 heteroatoms. The maximum atomic E-state index is 5.09. The summed E-state index contributed by atoms with van der Waals surface area (Å²) in [6.45, 7) is 0. The molecule has 0 aliphatic carbocycles. The van der Waals surface area contributed by atoms with Crippen LogP contribution in [0.1, 0.15) is 23.5 Å². The molecule has 2 unspecified atom stereocenters. The van der Waals surface area contributed by atoms with Gasteiger partial charge in [-0.05, 0) is 52.8 Å². The van der Waals surface area contributed by atoms with E-state index in [2.05, 4.69) is 94.0 Å². The Labute approximate surface area is 197 Å². The van der Waals surface area contributed by atoms with Crippen LogP contribution in [0, 0.1) is 11.8 Å². The van der Waals surface area contributed by atoms with E-state index < -0.39 is 0 Å². The molecule has 0 bridgehead atoms. The number of nitrogens with zero attached hydrogens (tertiary/aromatic N) is 4. The van der Waals surface area contributed by atoms with Gasteiger partial charge in [-0.2, -0.15) is 4.99 Å². The highest BCUT2D eigenvalue weighted by Crippen LogP contribution is 2.47. The maximum absolute atomic E-state index is 5.09. The average Bonchev–Trinajstić information content (AvgIpc) is 3.03. The van der Waals surface area contributed by atoms with E-state index in [1.54, 1.807) is 0 Å². The SMILES string of the molecule is C1=C=Nc2c(ccc3ccc(N4c5ccc(-c6ccccc6)cc5C5C#CCC=NC54)nc23)C=1. The van der Waals surface area contributed by atoms with Crippen LogP contribution in [0.4, 0.5) is 17.2 Å². The molecule has 3 aromatic carbocycles. The average molecular weight is 435 g/mol. The van der Waals surface area contributed by atoms with Crippen molar-refractivity contribution < 1.29 is 0 Å². The summed E-state index contributed by atoms with van der Waals surface area (Å²) in [5.74, 6) is 10.4. The number of rotatable bonds is 2. The van der Waals surface area contributed by atoms with E-state index in [-0.39, 0.29) is 12.1 Å². The van der Waals surface area contributed by atoms with Gasteiger partial charge in [0.2, 0.25) is 0 Å². The van der Waals surface area contributed by atoms with Crippen molar-refractivity contribution in [1.29, 1.82) is 0 Å². The van der Waals surface area contributed by atoms with Gasteiger partial charge in [0, 0.05) is 35.1 Å². The first-order valence-electron chi connectivity index (χ1n) is 11.3. The predicted octanol–water partition coefficient (Wildman–Crippen LogP) is 6.42. The van der Waals surface area contributed by atoms with Crippen LogP contribution in [0.3, 0.4) is 0 Å². The molecule has 4 aromatic rings. The van der Waals surface area contributed by atoms with E-state index in [1.165, 1.54) is 16.7 Å². The Morgan fingerprint density at radius 2 is 1.82 bits per heavy atom. The smallest absolute Gasteiger partial charge is 0.144 e. The van der Waals surface area contributed by atoms with Crippen LogP contribution in [0.2, 0.25) is 0 Å². The number of aromatic nitrogens is 1. The number of pyridine rings is 1. The lowest BCUT2D eigenvalue weighted by Crippen LogP contribution is -2.28. The van der Waals surface area contributed by atoms with Gasteiger partial charge in [-0.15, -0.1) is 0 Å². The number of benzene rings is 3. The molecular formula is C30H18N4. The second kappa shape index (κ2) is 7.44. The molecule has 3 aliphatic heterocycles. The first kappa shape index (κ1) is 18.9. The lowest BCUT2D eigenvalue weighted by Gasteiger charge is -2.25. The first-order valence-corrected chi connectivity index (χ1v) is 11.3. The highest BCUT2D eigenvalue weighted by Gasteiger charge is 2.39. The van der Waals surface area contributed by atoms with Crippen LogP contribution in [-0.2, 0) is 0 Å². The van der Waals surface area contributed by atoms with Gasteiger partial charge < -0.3 is 4.90 Å². The van der Waals surface area contributed by atoms with Crippen molar-refractivity contribution in [2.75, 3.05) is 4.90 Å². The Morgan fingerprint density at radius 3 is 2.76 bits per heavy atom. The molecule has 0 fully saturated rings. The van der Waals surface area contributed by atoms with Gasteiger partial charge in [0.05, 0.1) is 11.4 Å². The number of hydrogen-bond donors (Lipinski definition) is 0. The van der Waals surface area contributed by atoms with Crippen molar-refractivity contribution in [3.05, 3.63) is 89.7 Å². The Bertz CT molecular complexity index is 1670. The van der Waals surface area contributed by atoms with Crippen molar-refractivity contribution in [2.24, 2.45) is 9.98 Å². The summed E-state index contributed by atoms with van der Waals surface area (Å²) in [5, 5.41) is 1.04. The van der Waals surface area contributed by atoms with Crippen LogP contribution < -0.4 is 4.90 Å². The van der Waals surface area contributed by atoms with Gasteiger partial charge in [0.15, 0.2) is 0 Å². The van der Waals surface area contributed by atoms with Gasteiger partial charge in [0.1, 0.15) is 17.7 Å². The van der Waals surface area contributed by atoms with Crippen molar-refractivity contribution in [3.8, 4) is 23.0 Å². The largest absolute Gasteiger partial charge is 0.302 e. The summed E-state index contributed by atoms with van der Waals surface area (Å²) < 4.78 is 0. The second-order valence-corrected chi connectivity index (χ2v) is 8.51. The third kappa shape index (κ3) is 2.86. The highest BCUT2D eigenvalue weighted by molar-refractivity contribution is 5.97. The molecule has 0 spiro atoms. The third-order valence-electron chi connectivity index (χ3n) is 6.56. The van der Waals surface area contributed by atoms with Crippen LogP contribution in [0.5, 0.6) is 0 Å². The molecule has 0 radical (unpaired) electrons. The minimum Gasteiger partial charge on any atom is -0.302 e. The molecule has 3 aliphatic rings. The summed E-state index contributed by atoms with van der Waals surface area (Å²) in [5.41, 5.74) is 10.3. The standard InChI is InChI=1S/C30H18N4/c1-2-7-20(8-3-1)23-13-15-26-25(19-23)24-10-4-5-17-32-30(24)34(26)27-16-14-22-12-11-21-9-6-18-31-28(21)29(22)33-27/h1-3,7-9,11-17,19,24,30H,5H2. The van der Waals surface area contributed by atoms with Crippen LogP contribution in [0.25, 0.3) is 28.1 Å². The molecule has 0 amide bonds. The van der Waals surface area contributed by atoms with Crippen LogP contribution >= 0.6 is 0 Å². The maximum Gasteiger partial charge on any atom is 0.144 e. The number of aliphatic imine (C=N–C) groups is 2. The minimum absolute atomic E-state index is 0.0107. The zero-order chi connectivity index (χ0) is 22.5. The van der Waals surface area contributed by atoms with E-state index >= 15 is 0 Å². The van der Waals surface area contributed by atoms with Gasteiger partial charge in [-0.25, -0.2) is 4.98 Å². The molecule has 7 rings (SSSR count). The Kier molecular flexibility index (Phi) is 4.13. The van der Waals surface area contributed by atoms with E-state index in [4.69, 9.17) is 9.98 Å². The Morgan fingerprint density at radius 1 is 0.912 bits per heavy atom. The van der Waals surface area contributed by atoms with Crippen LogP contribution in [-0.4, -0.2) is 23.2 Å². The number of hydrogen-bond acceptors (Lipinski definition) is 4.